The Morgan fingerprint density at radius 3 is 2.56 bits per heavy atom. The number of hydrogen-bond acceptors (Lipinski definition) is 5. The Morgan fingerprint density at radius 2 is 2.06 bits per heavy atom. The number of aliphatic hydroxyl groups excluding tert-OH is 1. The molecule has 0 aliphatic heterocycles. The Labute approximate surface area is 108 Å². The van der Waals surface area contributed by atoms with E-state index in [2.05, 4.69) is 28.9 Å². The third kappa shape index (κ3) is 3.29. The fourth-order valence-corrected chi connectivity index (χ4v) is 2.12. The lowest BCUT2D eigenvalue weighted by Crippen LogP contribution is -2.36. The molecule has 0 radical (unpaired) electrons. The maximum atomic E-state index is 9.48. The Hall–Kier alpha value is -0.940. The van der Waals surface area contributed by atoms with Gasteiger partial charge >= 0.3 is 0 Å². The summed E-state index contributed by atoms with van der Waals surface area (Å²) in [6, 6.07) is 0.346. The smallest absolute Gasteiger partial charge is 0.230 e. The van der Waals surface area contributed by atoms with Crippen LogP contribution in [-0.2, 0) is 6.54 Å². The van der Waals surface area contributed by atoms with Gasteiger partial charge in [-0.2, -0.15) is 0 Å². The first kappa shape index (κ1) is 13.5. The molecule has 1 unspecified atom stereocenters. The second-order valence-corrected chi connectivity index (χ2v) is 5.53. The van der Waals surface area contributed by atoms with Gasteiger partial charge in [0.15, 0.2) is 0 Å². The fourth-order valence-electron chi connectivity index (χ4n) is 2.12. The highest BCUT2D eigenvalue weighted by molar-refractivity contribution is 4.96. The standard InChI is InChI=1S/C13H23N3O2/c1-9(2)16(7-10(3)17)8-12-14-15-13(18-12)11-5-4-6-11/h9-11,17H,4-8H2,1-3H3. The van der Waals surface area contributed by atoms with Gasteiger partial charge in [0.25, 0.3) is 0 Å². The molecule has 18 heavy (non-hydrogen) atoms. The Balaban J connectivity index is 1.95. The zero-order valence-corrected chi connectivity index (χ0v) is 11.5. The maximum Gasteiger partial charge on any atom is 0.230 e. The van der Waals surface area contributed by atoms with E-state index >= 15 is 0 Å². The summed E-state index contributed by atoms with van der Waals surface area (Å²) < 4.78 is 5.70. The van der Waals surface area contributed by atoms with Gasteiger partial charge in [0.1, 0.15) is 0 Å². The van der Waals surface area contributed by atoms with E-state index in [1.807, 2.05) is 0 Å². The van der Waals surface area contributed by atoms with Crippen molar-refractivity contribution in [3.8, 4) is 0 Å². The minimum atomic E-state index is -0.346. The summed E-state index contributed by atoms with van der Waals surface area (Å²) in [5.41, 5.74) is 0. The molecule has 1 N–H and O–H groups in total. The van der Waals surface area contributed by atoms with Gasteiger partial charge in [-0.3, -0.25) is 4.90 Å². The predicted molar refractivity (Wildman–Crippen MR) is 68.1 cm³/mol. The van der Waals surface area contributed by atoms with Crippen LogP contribution in [0.5, 0.6) is 0 Å². The third-order valence-corrected chi connectivity index (χ3v) is 3.50. The van der Waals surface area contributed by atoms with E-state index in [1.165, 1.54) is 19.3 Å². The van der Waals surface area contributed by atoms with Gasteiger partial charge in [0.2, 0.25) is 11.8 Å². The number of nitrogens with zero attached hydrogens (tertiary/aromatic N) is 3. The molecule has 2 rings (SSSR count). The lowest BCUT2D eigenvalue weighted by molar-refractivity contribution is 0.0954. The summed E-state index contributed by atoms with van der Waals surface area (Å²) >= 11 is 0. The van der Waals surface area contributed by atoms with Crippen LogP contribution in [0.15, 0.2) is 4.42 Å². The molecule has 5 heteroatoms. The maximum absolute atomic E-state index is 9.48. The van der Waals surface area contributed by atoms with Crippen molar-refractivity contribution in [1.82, 2.24) is 15.1 Å². The highest BCUT2D eigenvalue weighted by Crippen LogP contribution is 2.35. The molecular formula is C13H23N3O2. The summed E-state index contributed by atoms with van der Waals surface area (Å²) in [7, 11) is 0. The van der Waals surface area contributed by atoms with E-state index in [0.717, 1.165) is 5.89 Å². The lowest BCUT2D eigenvalue weighted by atomic mass is 9.85. The van der Waals surface area contributed by atoms with Gasteiger partial charge in [-0.25, -0.2) is 0 Å². The molecule has 1 aromatic rings. The highest BCUT2D eigenvalue weighted by atomic mass is 16.4. The number of aromatic nitrogens is 2. The molecule has 1 fully saturated rings. The first-order valence-electron chi connectivity index (χ1n) is 6.80. The van der Waals surface area contributed by atoms with Crippen molar-refractivity contribution in [3.05, 3.63) is 11.8 Å². The quantitative estimate of drug-likeness (QED) is 0.839. The average Bonchev–Trinajstić information content (AvgIpc) is 2.61. The van der Waals surface area contributed by atoms with Crippen LogP contribution in [0, 0.1) is 0 Å². The minimum absolute atomic E-state index is 0.346. The molecule has 0 saturated heterocycles. The van der Waals surface area contributed by atoms with Gasteiger partial charge in [-0.1, -0.05) is 6.42 Å². The molecule has 1 atom stereocenters. The van der Waals surface area contributed by atoms with E-state index in [0.29, 0.717) is 30.9 Å². The van der Waals surface area contributed by atoms with Crippen molar-refractivity contribution in [1.29, 1.82) is 0 Å². The normalized spacial score (nSPS) is 18.3. The van der Waals surface area contributed by atoms with Gasteiger partial charge in [-0.15, -0.1) is 10.2 Å². The van der Waals surface area contributed by atoms with Gasteiger partial charge in [-0.05, 0) is 33.6 Å². The van der Waals surface area contributed by atoms with Crippen LogP contribution in [0.3, 0.4) is 0 Å². The fraction of sp³-hybridized carbons (Fsp3) is 0.846. The SMILES string of the molecule is CC(O)CN(Cc1nnc(C2CCC2)o1)C(C)C. The second kappa shape index (κ2) is 5.80. The zero-order chi connectivity index (χ0) is 13.1. The monoisotopic (exact) mass is 253 g/mol. The molecule has 102 valence electrons. The molecule has 1 heterocycles. The van der Waals surface area contributed by atoms with Crippen molar-refractivity contribution in [2.24, 2.45) is 0 Å². The van der Waals surface area contributed by atoms with Gasteiger partial charge < -0.3 is 9.52 Å². The molecule has 1 saturated carbocycles. The van der Waals surface area contributed by atoms with E-state index in [-0.39, 0.29) is 6.10 Å². The summed E-state index contributed by atoms with van der Waals surface area (Å²) in [4.78, 5) is 2.14. The number of rotatable bonds is 6. The topological polar surface area (TPSA) is 62.4 Å². The highest BCUT2D eigenvalue weighted by Gasteiger charge is 2.25. The van der Waals surface area contributed by atoms with Gasteiger partial charge in [0, 0.05) is 18.5 Å². The molecule has 1 aromatic heterocycles. The average molecular weight is 253 g/mol. The summed E-state index contributed by atoms with van der Waals surface area (Å²) in [5.74, 6) is 1.93. The van der Waals surface area contributed by atoms with Crippen molar-refractivity contribution in [2.75, 3.05) is 6.54 Å². The van der Waals surface area contributed by atoms with E-state index in [4.69, 9.17) is 4.42 Å². The summed E-state index contributed by atoms with van der Waals surface area (Å²) in [5, 5.41) is 17.7. The van der Waals surface area contributed by atoms with Crippen molar-refractivity contribution >= 4 is 0 Å². The first-order chi connectivity index (χ1) is 8.56. The third-order valence-electron chi connectivity index (χ3n) is 3.50. The second-order valence-electron chi connectivity index (χ2n) is 5.53. The Morgan fingerprint density at radius 1 is 1.33 bits per heavy atom. The van der Waals surface area contributed by atoms with Crippen LogP contribution in [0.2, 0.25) is 0 Å². The van der Waals surface area contributed by atoms with Crippen LogP contribution in [-0.4, -0.2) is 38.9 Å². The van der Waals surface area contributed by atoms with Crippen LogP contribution < -0.4 is 0 Å². The summed E-state index contributed by atoms with van der Waals surface area (Å²) in [6.45, 7) is 7.24. The lowest BCUT2D eigenvalue weighted by Gasteiger charge is -2.26. The molecule has 1 aliphatic carbocycles. The number of aliphatic hydroxyl groups is 1. The van der Waals surface area contributed by atoms with Crippen molar-refractivity contribution < 1.29 is 9.52 Å². The molecule has 0 spiro atoms. The number of hydrogen-bond donors (Lipinski definition) is 1. The first-order valence-corrected chi connectivity index (χ1v) is 6.80. The molecular weight excluding hydrogens is 230 g/mol. The Bertz CT molecular complexity index is 372. The largest absolute Gasteiger partial charge is 0.424 e. The predicted octanol–water partition coefficient (Wildman–Crippen LogP) is 1.93. The van der Waals surface area contributed by atoms with E-state index < -0.39 is 0 Å². The van der Waals surface area contributed by atoms with Crippen molar-refractivity contribution in [3.63, 3.8) is 0 Å². The molecule has 0 amide bonds. The van der Waals surface area contributed by atoms with Gasteiger partial charge in [0.05, 0.1) is 12.6 Å². The molecule has 0 bridgehead atoms. The van der Waals surface area contributed by atoms with E-state index in [9.17, 15) is 5.11 Å². The van der Waals surface area contributed by atoms with Crippen LogP contribution >= 0.6 is 0 Å². The van der Waals surface area contributed by atoms with E-state index in [1.54, 1.807) is 6.92 Å². The summed E-state index contributed by atoms with van der Waals surface area (Å²) in [6.07, 6.45) is 3.26. The van der Waals surface area contributed by atoms with Crippen molar-refractivity contribution in [2.45, 2.75) is 64.6 Å². The van der Waals surface area contributed by atoms with Crippen LogP contribution in [0.25, 0.3) is 0 Å². The van der Waals surface area contributed by atoms with Crippen LogP contribution in [0.1, 0.15) is 57.7 Å². The molecule has 0 aromatic carbocycles. The molecule has 1 aliphatic rings. The molecule has 5 nitrogen and oxygen atoms in total. The Kier molecular flexibility index (Phi) is 4.35. The van der Waals surface area contributed by atoms with Crippen LogP contribution in [0.4, 0.5) is 0 Å². The zero-order valence-electron chi connectivity index (χ0n) is 11.5. The minimum Gasteiger partial charge on any atom is -0.424 e.